The molecule has 0 aliphatic heterocycles. The highest BCUT2D eigenvalue weighted by atomic mass is 35.5. The fourth-order valence-electron chi connectivity index (χ4n) is 1.41. The monoisotopic (exact) mass is 300 g/mol. The second-order valence-electron chi connectivity index (χ2n) is 3.46. The number of methoxy groups -OCH3 is 1. The number of rotatable bonds is 5. The maximum atomic E-state index is 10.9. The van der Waals surface area contributed by atoms with Crippen LogP contribution in [0.4, 0.5) is 5.69 Å². The van der Waals surface area contributed by atoms with Crippen LogP contribution in [0.3, 0.4) is 0 Å². The molecule has 0 saturated heterocycles. The number of thiazole rings is 1. The zero-order chi connectivity index (χ0) is 13.8. The van der Waals surface area contributed by atoms with Crippen molar-refractivity contribution in [2.75, 3.05) is 7.11 Å². The summed E-state index contributed by atoms with van der Waals surface area (Å²) in [4.78, 5) is 15.1. The Morgan fingerprint density at radius 3 is 2.89 bits per heavy atom. The minimum absolute atomic E-state index is 0.137. The Hall–Kier alpha value is -1.86. The molecule has 100 valence electrons. The lowest BCUT2D eigenvalue weighted by molar-refractivity contribution is -0.385. The van der Waals surface area contributed by atoms with E-state index in [1.165, 1.54) is 30.6 Å². The number of benzene rings is 1. The van der Waals surface area contributed by atoms with Crippen molar-refractivity contribution in [3.8, 4) is 11.5 Å². The molecule has 0 atom stereocenters. The number of hydrogen-bond donors (Lipinski definition) is 0. The Morgan fingerprint density at radius 1 is 1.53 bits per heavy atom. The molecule has 6 nitrogen and oxygen atoms in total. The van der Waals surface area contributed by atoms with Crippen molar-refractivity contribution < 1.29 is 14.4 Å². The van der Waals surface area contributed by atoms with E-state index in [-0.39, 0.29) is 18.0 Å². The van der Waals surface area contributed by atoms with E-state index in [9.17, 15) is 10.1 Å². The second kappa shape index (κ2) is 5.85. The van der Waals surface area contributed by atoms with Crippen LogP contribution in [-0.4, -0.2) is 17.0 Å². The summed E-state index contributed by atoms with van der Waals surface area (Å²) in [6, 6.07) is 4.42. The van der Waals surface area contributed by atoms with Crippen molar-refractivity contribution in [2.45, 2.75) is 6.61 Å². The van der Waals surface area contributed by atoms with Crippen molar-refractivity contribution >= 4 is 28.6 Å². The van der Waals surface area contributed by atoms with Gasteiger partial charge in [-0.05, 0) is 12.1 Å². The molecular formula is C11H9ClN2O4S. The first-order valence-electron chi connectivity index (χ1n) is 5.15. The summed E-state index contributed by atoms with van der Waals surface area (Å²) in [6.45, 7) is 0.258. The van der Waals surface area contributed by atoms with Crippen LogP contribution in [-0.2, 0) is 6.61 Å². The molecule has 0 bridgehead atoms. The van der Waals surface area contributed by atoms with E-state index < -0.39 is 4.92 Å². The lowest BCUT2D eigenvalue weighted by Gasteiger charge is -2.06. The van der Waals surface area contributed by atoms with Gasteiger partial charge < -0.3 is 9.47 Å². The molecule has 0 spiro atoms. The van der Waals surface area contributed by atoms with E-state index in [1.54, 1.807) is 12.3 Å². The van der Waals surface area contributed by atoms with Gasteiger partial charge in [0.25, 0.3) is 0 Å². The van der Waals surface area contributed by atoms with Gasteiger partial charge in [-0.1, -0.05) is 11.6 Å². The van der Waals surface area contributed by atoms with Crippen LogP contribution in [0.2, 0.25) is 4.47 Å². The summed E-state index contributed by atoms with van der Waals surface area (Å²) in [5.41, 5.74) is -0.137. The molecule has 2 rings (SSSR count). The molecule has 0 amide bonds. The van der Waals surface area contributed by atoms with Gasteiger partial charge in [0.05, 0.1) is 23.0 Å². The highest BCUT2D eigenvalue weighted by molar-refractivity contribution is 7.15. The van der Waals surface area contributed by atoms with Crippen LogP contribution in [0.25, 0.3) is 0 Å². The average Bonchev–Trinajstić information content (AvgIpc) is 2.81. The molecular weight excluding hydrogens is 292 g/mol. The fraction of sp³-hybridized carbons (Fsp3) is 0.182. The molecule has 1 aromatic heterocycles. The van der Waals surface area contributed by atoms with Crippen LogP contribution in [0.15, 0.2) is 24.4 Å². The molecule has 19 heavy (non-hydrogen) atoms. The molecule has 0 aliphatic rings. The maximum absolute atomic E-state index is 10.9. The third kappa shape index (κ3) is 3.33. The van der Waals surface area contributed by atoms with E-state index >= 15 is 0 Å². The van der Waals surface area contributed by atoms with Gasteiger partial charge in [0.1, 0.15) is 12.4 Å². The number of nitrogens with zero attached hydrogens (tertiary/aromatic N) is 2. The normalized spacial score (nSPS) is 10.2. The molecule has 2 aromatic rings. The Labute approximate surface area is 117 Å². The Kier molecular flexibility index (Phi) is 4.18. The van der Waals surface area contributed by atoms with Crippen molar-refractivity contribution in [1.82, 2.24) is 4.98 Å². The van der Waals surface area contributed by atoms with E-state index in [0.29, 0.717) is 10.2 Å². The van der Waals surface area contributed by atoms with Gasteiger partial charge in [0, 0.05) is 6.20 Å². The molecule has 0 fully saturated rings. The SMILES string of the molecule is COc1ccc(OCc2cnc(Cl)s2)cc1[N+](=O)[O-]. The lowest BCUT2D eigenvalue weighted by atomic mass is 10.3. The maximum Gasteiger partial charge on any atom is 0.314 e. The van der Waals surface area contributed by atoms with E-state index in [4.69, 9.17) is 21.1 Å². The molecule has 1 aromatic carbocycles. The molecule has 8 heteroatoms. The summed E-state index contributed by atoms with van der Waals surface area (Å²) in [7, 11) is 1.38. The molecule has 0 radical (unpaired) electrons. The van der Waals surface area contributed by atoms with Crippen molar-refractivity contribution in [3.63, 3.8) is 0 Å². The van der Waals surface area contributed by atoms with Gasteiger partial charge in [-0.3, -0.25) is 10.1 Å². The van der Waals surface area contributed by atoms with E-state index in [0.717, 1.165) is 4.88 Å². The topological polar surface area (TPSA) is 74.5 Å². The number of nitro groups is 1. The van der Waals surface area contributed by atoms with E-state index in [2.05, 4.69) is 4.98 Å². The van der Waals surface area contributed by atoms with Crippen LogP contribution < -0.4 is 9.47 Å². The summed E-state index contributed by atoms with van der Waals surface area (Å²) < 4.78 is 10.8. The molecule has 1 heterocycles. The summed E-state index contributed by atoms with van der Waals surface area (Å²) >= 11 is 6.99. The van der Waals surface area contributed by atoms with Gasteiger partial charge >= 0.3 is 5.69 Å². The van der Waals surface area contributed by atoms with Crippen LogP contribution >= 0.6 is 22.9 Å². The molecule has 0 aliphatic carbocycles. The number of nitro benzene ring substituents is 1. The van der Waals surface area contributed by atoms with Gasteiger partial charge in [-0.25, -0.2) is 4.98 Å². The first kappa shape index (κ1) is 13.6. The second-order valence-corrected chi connectivity index (χ2v) is 5.16. The average molecular weight is 301 g/mol. The lowest BCUT2D eigenvalue weighted by Crippen LogP contribution is -1.97. The summed E-state index contributed by atoms with van der Waals surface area (Å²) in [6.07, 6.45) is 1.60. The highest BCUT2D eigenvalue weighted by Crippen LogP contribution is 2.31. The van der Waals surface area contributed by atoms with Gasteiger partial charge in [-0.15, -0.1) is 11.3 Å². The number of aromatic nitrogens is 1. The number of hydrogen-bond acceptors (Lipinski definition) is 6. The summed E-state index contributed by atoms with van der Waals surface area (Å²) in [5, 5.41) is 10.9. The first-order valence-corrected chi connectivity index (χ1v) is 6.35. The highest BCUT2D eigenvalue weighted by Gasteiger charge is 2.15. The predicted octanol–water partition coefficient (Wildman–Crippen LogP) is 3.29. The van der Waals surface area contributed by atoms with E-state index in [1.807, 2.05) is 0 Å². The largest absolute Gasteiger partial charge is 0.490 e. The zero-order valence-corrected chi connectivity index (χ0v) is 11.4. The van der Waals surface area contributed by atoms with Crippen molar-refractivity contribution in [2.24, 2.45) is 0 Å². The molecule has 0 N–H and O–H groups in total. The zero-order valence-electron chi connectivity index (χ0n) is 9.83. The standard InChI is InChI=1S/C11H9ClN2O4S/c1-17-10-3-2-7(4-9(10)14(15)16)18-6-8-5-13-11(12)19-8/h2-5H,6H2,1H3. The smallest absolute Gasteiger partial charge is 0.314 e. The minimum Gasteiger partial charge on any atom is -0.490 e. The fourth-order valence-corrected chi connectivity index (χ4v) is 2.30. The Bertz CT molecular complexity index is 602. The van der Waals surface area contributed by atoms with Gasteiger partial charge in [0.2, 0.25) is 0 Å². The van der Waals surface area contributed by atoms with Crippen molar-refractivity contribution in [3.05, 3.63) is 43.9 Å². The molecule has 0 unspecified atom stereocenters. The number of halogens is 1. The quantitative estimate of drug-likeness (QED) is 0.625. The predicted molar refractivity (Wildman–Crippen MR) is 71.1 cm³/mol. The third-order valence-corrected chi connectivity index (χ3v) is 3.34. The van der Waals surface area contributed by atoms with Crippen molar-refractivity contribution in [1.29, 1.82) is 0 Å². The van der Waals surface area contributed by atoms with Crippen LogP contribution in [0.1, 0.15) is 4.88 Å². The van der Waals surface area contributed by atoms with Gasteiger partial charge in [-0.2, -0.15) is 0 Å². The Balaban J connectivity index is 2.12. The number of ether oxygens (including phenoxy) is 2. The van der Waals surface area contributed by atoms with Crippen LogP contribution in [0.5, 0.6) is 11.5 Å². The van der Waals surface area contributed by atoms with Crippen LogP contribution in [0, 0.1) is 10.1 Å². The van der Waals surface area contributed by atoms with Gasteiger partial charge in [0.15, 0.2) is 10.2 Å². The Morgan fingerprint density at radius 2 is 2.32 bits per heavy atom. The minimum atomic E-state index is -0.519. The first-order chi connectivity index (χ1) is 9.10. The molecule has 0 saturated carbocycles. The third-order valence-electron chi connectivity index (χ3n) is 2.25. The summed E-state index contributed by atoms with van der Waals surface area (Å²) in [5.74, 6) is 0.579.